The second-order valence-electron chi connectivity index (χ2n) is 3.45. The fourth-order valence-corrected chi connectivity index (χ4v) is 1.85. The Hall–Kier alpha value is -0.750. The van der Waals surface area contributed by atoms with Crippen molar-refractivity contribution in [3.05, 3.63) is 0 Å². The summed E-state index contributed by atoms with van der Waals surface area (Å²) in [5, 5.41) is 11.6. The number of carbonyl (C=O) groups is 2. The van der Waals surface area contributed by atoms with Crippen molar-refractivity contribution in [2.24, 2.45) is 5.73 Å². The highest BCUT2D eigenvalue weighted by Gasteiger charge is 2.09. The lowest BCUT2D eigenvalue weighted by molar-refractivity contribution is -0.121. The molecule has 0 saturated heterocycles. The highest BCUT2D eigenvalue weighted by atomic mass is 32.2. The maximum Gasteiger partial charge on any atom is 0.227 e. The molecule has 0 aliphatic rings. The third kappa shape index (κ3) is 8.55. The molecular formula is C10H20N2O3S. The molecule has 5 nitrogen and oxygen atoms in total. The summed E-state index contributed by atoms with van der Waals surface area (Å²) in [6.45, 7) is 2.04. The minimum Gasteiger partial charge on any atom is -0.396 e. The van der Waals surface area contributed by atoms with Gasteiger partial charge < -0.3 is 16.2 Å². The van der Waals surface area contributed by atoms with Crippen LogP contribution in [0.4, 0.5) is 0 Å². The molecule has 0 spiro atoms. The average Bonchev–Trinajstić information content (AvgIpc) is 2.23. The number of aliphatic hydroxyl groups is 1. The predicted octanol–water partition coefficient (Wildman–Crippen LogP) is -0.128. The predicted molar refractivity (Wildman–Crippen MR) is 65.1 cm³/mol. The second-order valence-corrected chi connectivity index (χ2v) is 4.56. The van der Waals surface area contributed by atoms with E-state index in [2.05, 4.69) is 5.32 Å². The van der Waals surface area contributed by atoms with Crippen LogP contribution >= 0.6 is 11.8 Å². The molecule has 0 heterocycles. The minimum absolute atomic E-state index is 0.0404. The molecule has 0 saturated carbocycles. The molecule has 1 atom stereocenters. The summed E-state index contributed by atoms with van der Waals surface area (Å²) in [5.41, 5.74) is 4.96. The first-order valence-corrected chi connectivity index (χ1v) is 6.51. The van der Waals surface area contributed by atoms with Crippen molar-refractivity contribution in [2.75, 3.05) is 18.1 Å². The van der Waals surface area contributed by atoms with Crippen LogP contribution in [0.5, 0.6) is 0 Å². The van der Waals surface area contributed by atoms with Crippen molar-refractivity contribution >= 4 is 23.6 Å². The molecule has 4 N–H and O–H groups in total. The molecule has 0 aromatic carbocycles. The lowest BCUT2D eigenvalue weighted by atomic mass is 10.1. The van der Waals surface area contributed by atoms with Crippen LogP contribution in [0.1, 0.15) is 26.2 Å². The number of carbonyl (C=O) groups excluding carboxylic acids is 2. The average molecular weight is 248 g/mol. The van der Waals surface area contributed by atoms with Gasteiger partial charge in [0.1, 0.15) is 0 Å². The summed E-state index contributed by atoms with van der Waals surface area (Å²) in [4.78, 5) is 21.8. The van der Waals surface area contributed by atoms with Crippen LogP contribution in [0.3, 0.4) is 0 Å². The van der Waals surface area contributed by atoms with Crippen molar-refractivity contribution in [3.8, 4) is 0 Å². The van der Waals surface area contributed by atoms with Crippen LogP contribution in [-0.2, 0) is 9.59 Å². The van der Waals surface area contributed by atoms with Crippen LogP contribution in [0, 0.1) is 0 Å². The molecule has 0 radical (unpaired) electrons. The number of primary amides is 1. The molecular weight excluding hydrogens is 228 g/mol. The second kappa shape index (κ2) is 9.47. The number of aliphatic hydroxyl groups excluding tert-OH is 1. The van der Waals surface area contributed by atoms with Gasteiger partial charge in [-0.2, -0.15) is 11.8 Å². The molecule has 1 unspecified atom stereocenters. The van der Waals surface area contributed by atoms with Gasteiger partial charge in [0.25, 0.3) is 0 Å². The Labute approximate surface area is 100 Å². The molecule has 6 heteroatoms. The minimum atomic E-state index is -0.364. The van der Waals surface area contributed by atoms with Crippen molar-refractivity contribution in [1.29, 1.82) is 0 Å². The number of thioether (sulfide) groups is 1. The molecule has 94 valence electrons. The molecule has 0 aliphatic carbocycles. The van der Waals surface area contributed by atoms with Crippen molar-refractivity contribution < 1.29 is 14.7 Å². The van der Waals surface area contributed by atoms with Crippen LogP contribution in [-0.4, -0.2) is 41.1 Å². The van der Waals surface area contributed by atoms with Gasteiger partial charge in [0, 0.05) is 24.8 Å². The fraction of sp³-hybridized carbons (Fsp3) is 0.800. The molecule has 16 heavy (non-hydrogen) atoms. The molecule has 0 aromatic heterocycles. The highest BCUT2D eigenvalue weighted by molar-refractivity contribution is 7.99. The normalized spacial score (nSPS) is 12.1. The summed E-state index contributed by atoms with van der Waals surface area (Å²) in [6.07, 6.45) is 1.76. The number of nitrogens with one attached hydrogen (secondary N) is 1. The van der Waals surface area contributed by atoms with Gasteiger partial charge in [0.05, 0.1) is 5.75 Å². The third-order valence-electron chi connectivity index (χ3n) is 2.05. The topological polar surface area (TPSA) is 92.4 Å². The highest BCUT2D eigenvalue weighted by Crippen LogP contribution is 2.03. The Morgan fingerprint density at radius 2 is 2.19 bits per heavy atom. The van der Waals surface area contributed by atoms with Crippen molar-refractivity contribution in [1.82, 2.24) is 5.32 Å². The first-order valence-electron chi connectivity index (χ1n) is 5.36. The lowest BCUT2D eigenvalue weighted by Crippen LogP contribution is -2.35. The van der Waals surface area contributed by atoms with Crippen LogP contribution in [0.15, 0.2) is 0 Å². The molecule has 0 bridgehead atoms. The summed E-state index contributed by atoms with van der Waals surface area (Å²) in [6, 6.07) is 0.0404. The number of hydrogen-bond acceptors (Lipinski definition) is 4. The summed E-state index contributed by atoms with van der Waals surface area (Å²) >= 11 is 1.35. The van der Waals surface area contributed by atoms with E-state index in [1.807, 2.05) is 6.92 Å². The van der Waals surface area contributed by atoms with Gasteiger partial charge in [0.2, 0.25) is 11.8 Å². The molecule has 0 aliphatic heterocycles. The summed E-state index contributed by atoms with van der Waals surface area (Å²) in [5.74, 6) is 0.431. The van der Waals surface area contributed by atoms with Crippen LogP contribution in [0.25, 0.3) is 0 Å². The number of rotatable bonds is 9. The van der Waals surface area contributed by atoms with Gasteiger partial charge in [-0.1, -0.05) is 6.92 Å². The van der Waals surface area contributed by atoms with Crippen LogP contribution in [0.2, 0.25) is 0 Å². The maximum atomic E-state index is 11.4. The Morgan fingerprint density at radius 3 is 2.69 bits per heavy atom. The van der Waals surface area contributed by atoms with E-state index in [4.69, 9.17) is 10.8 Å². The van der Waals surface area contributed by atoms with E-state index in [1.54, 1.807) is 0 Å². The lowest BCUT2D eigenvalue weighted by Gasteiger charge is -2.15. The first kappa shape index (κ1) is 15.2. The standard InChI is InChI=1S/C10H20N2O3S/c1-2-8(3-5-13)12-10(15)4-6-16-7-9(11)14/h8,13H,2-7H2,1H3,(H2,11,14)(H,12,15). The van der Waals surface area contributed by atoms with Gasteiger partial charge >= 0.3 is 0 Å². The Morgan fingerprint density at radius 1 is 1.50 bits per heavy atom. The third-order valence-corrected chi connectivity index (χ3v) is 3.03. The quantitative estimate of drug-likeness (QED) is 0.496. The number of hydrogen-bond donors (Lipinski definition) is 3. The zero-order valence-electron chi connectivity index (χ0n) is 9.57. The Bertz CT molecular complexity index is 224. The Kier molecular flexibility index (Phi) is 9.03. The molecule has 2 amide bonds. The summed E-state index contributed by atoms with van der Waals surface area (Å²) < 4.78 is 0. The van der Waals surface area contributed by atoms with Gasteiger partial charge in [-0.15, -0.1) is 0 Å². The van der Waals surface area contributed by atoms with E-state index in [0.29, 0.717) is 18.6 Å². The zero-order chi connectivity index (χ0) is 12.4. The SMILES string of the molecule is CCC(CCO)NC(=O)CCSCC(N)=O. The van der Waals surface area contributed by atoms with Gasteiger partial charge in [-0.3, -0.25) is 9.59 Å². The zero-order valence-corrected chi connectivity index (χ0v) is 10.4. The number of nitrogens with two attached hydrogens (primary N) is 1. The van der Waals surface area contributed by atoms with E-state index < -0.39 is 0 Å². The Balaban J connectivity index is 3.60. The van der Waals surface area contributed by atoms with E-state index in [9.17, 15) is 9.59 Å². The molecule has 0 aromatic rings. The van der Waals surface area contributed by atoms with Crippen molar-refractivity contribution in [3.63, 3.8) is 0 Å². The van der Waals surface area contributed by atoms with E-state index in [0.717, 1.165) is 6.42 Å². The van der Waals surface area contributed by atoms with Crippen LogP contribution < -0.4 is 11.1 Å². The monoisotopic (exact) mass is 248 g/mol. The van der Waals surface area contributed by atoms with E-state index >= 15 is 0 Å². The van der Waals surface area contributed by atoms with Gasteiger partial charge in [-0.05, 0) is 12.8 Å². The molecule has 0 fully saturated rings. The largest absolute Gasteiger partial charge is 0.396 e. The molecule has 0 rings (SSSR count). The summed E-state index contributed by atoms with van der Waals surface area (Å²) in [7, 11) is 0. The number of amides is 2. The van der Waals surface area contributed by atoms with E-state index in [1.165, 1.54) is 11.8 Å². The maximum absolute atomic E-state index is 11.4. The first-order chi connectivity index (χ1) is 7.60. The van der Waals surface area contributed by atoms with Gasteiger partial charge in [0.15, 0.2) is 0 Å². The van der Waals surface area contributed by atoms with Crippen molar-refractivity contribution in [2.45, 2.75) is 32.2 Å². The van der Waals surface area contributed by atoms with Gasteiger partial charge in [-0.25, -0.2) is 0 Å². The smallest absolute Gasteiger partial charge is 0.227 e. The fourth-order valence-electron chi connectivity index (χ4n) is 1.17. The van der Waals surface area contributed by atoms with E-state index in [-0.39, 0.29) is 30.2 Å².